The van der Waals surface area contributed by atoms with E-state index in [-0.39, 0.29) is 5.56 Å². The number of benzene rings is 2. The van der Waals surface area contributed by atoms with E-state index in [2.05, 4.69) is 14.9 Å². The number of H-pyrrole nitrogens is 1. The molecule has 4 aromatic rings. The number of para-hydroxylation sites is 1. The van der Waals surface area contributed by atoms with Crippen LogP contribution in [0, 0.1) is 0 Å². The summed E-state index contributed by atoms with van der Waals surface area (Å²) in [5.41, 5.74) is 2.98. The lowest BCUT2D eigenvalue weighted by molar-refractivity contribution is 0.842. The van der Waals surface area contributed by atoms with Crippen LogP contribution in [0.2, 0.25) is 0 Å². The number of hydrogen-bond acceptors (Lipinski definition) is 4. The Morgan fingerprint density at radius 1 is 1.04 bits per heavy atom. The lowest BCUT2D eigenvalue weighted by Gasteiger charge is -2.18. The molecule has 4 rings (SSSR count). The molecule has 0 saturated carbocycles. The van der Waals surface area contributed by atoms with Crippen molar-refractivity contribution in [1.82, 2.24) is 9.97 Å². The molecule has 2 aromatic carbocycles. The van der Waals surface area contributed by atoms with Crippen LogP contribution in [0.5, 0.6) is 0 Å². The minimum Gasteiger partial charge on any atom is -0.367 e. The van der Waals surface area contributed by atoms with Crippen LogP contribution in [-0.4, -0.2) is 17.0 Å². The first kappa shape index (κ1) is 15.6. The molecule has 0 atom stereocenters. The Balaban J connectivity index is 1.71. The van der Waals surface area contributed by atoms with Crippen molar-refractivity contribution < 1.29 is 0 Å². The molecule has 2 aromatic heterocycles. The highest BCUT2D eigenvalue weighted by Crippen LogP contribution is 2.30. The number of aromatic amines is 1. The monoisotopic (exact) mass is 347 g/mol. The van der Waals surface area contributed by atoms with Crippen molar-refractivity contribution in [3.63, 3.8) is 0 Å². The number of thiophene rings is 1. The molecule has 124 valence electrons. The van der Waals surface area contributed by atoms with Crippen molar-refractivity contribution in [3.8, 4) is 11.1 Å². The van der Waals surface area contributed by atoms with Crippen molar-refractivity contribution in [1.29, 1.82) is 0 Å². The van der Waals surface area contributed by atoms with Gasteiger partial charge in [-0.05, 0) is 17.7 Å². The number of anilines is 1. The summed E-state index contributed by atoms with van der Waals surface area (Å²) in [6.45, 7) is 0.549. The fraction of sp³-hybridized carbons (Fsp3) is 0.100. The highest BCUT2D eigenvalue weighted by molar-refractivity contribution is 7.17. The van der Waals surface area contributed by atoms with Gasteiger partial charge in [-0.25, -0.2) is 4.98 Å². The molecule has 0 fully saturated rings. The zero-order valence-corrected chi connectivity index (χ0v) is 14.6. The van der Waals surface area contributed by atoms with E-state index in [1.54, 1.807) is 0 Å². The zero-order valence-electron chi connectivity index (χ0n) is 13.8. The normalized spacial score (nSPS) is 10.9. The number of aromatic nitrogens is 2. The van der Waals surface area contributed by atoms with Crippen molar-refractivity contribution in [3.05, 3.63) is 82.2 Å². The van der Waals surface area contributed by atoms with Crippen LogP contribution in [0.4, 0.5) is 5.69 Å². The van der Waals surface area contributed by atoms with E-state index < -0.39 is 0 Å². The smallest absolute Gasteiger partial charge is 0.260 e. The summed E-state index contributed by atoms with van der Waals surface area (Å²) >= 11 is 1.51. The van der Waals surface area contributed by atoms with Gasteiger partial charge in [0.25, 0.3) is 5.56 Å². The molecular formula is C20H17N3OS. The van der Waals surface area contributed by atoms with Gasteiger partial charge >= 0.3 is 0 Å². The molecule has 4 nitrogen and oxygen atoms in total. The maximum Gasteiger partial charge on any atom is 0.260 e. The fourth-order valence-corrected chi connectivity index (χ4v) is 3.86. The number of nitrogens with one attached hydrogen (secondary N) is 1. The predicted molar refractivity (Wildman–Crippen MR) is 104 cm³/mol. The third kappa shape index (κ3) is 3.06. The molecule has 0 saturated heterocycles. The van der Waals surface area contributed by atoms with Crippen LogP contribution in [0.3, 0.4) is 0 Å². The Kier molecular flexibility index (Phi) is 4.07. The van der Waals surface area contributed by atoms with Gasteiger partial charge in [0.05, 0.1) is 11.9 Å². The molecule has 0 aliphatic carbocycles. The van der Waals surface area contributed by atoms with Crippen LogP contribution >= 0.6 is 11.3 Å². The molecule has 2 heterocycles. The highest BCUT2D eigenvalue weighted by atomic mass is 32.1. The third-order valence-corrected chi connectivity index (χ3v) is 5.03. The Bertz CT molecular complexity index is 1050. The number of fused-ring (bicyclic) bond motifs is 1. The SMILES string of the molecule is CN(Cc1nc2scc(-c3ccccc3)c2c(=O)[nH]1)c1ccccc1. The summed E-state index contributed by atoms with van der Waals surface area (Å²) < 4.78 is 0. The van der Waals surface area contributed by atoms with Crippen LogP contribution in [-0.2, 0) is 6.54 Å². The first-order valence-corrected chi connectivity index (χ1v) is 8.92. The van der Waals surface area contributed by atoms with Gasteiger partial charge in [-0.1, -0.05) is 48.5 Å². The van der Waals surface area contributed by atoms with Crippen LogP contribution in [0.1, 0.15) is 5.82 Å². The first-order valence-electron chi connectivity index (χ1n) is 8.04. The molecule has 0 unspecified atom stereocenters. The van der Waals surface area contributed by atoms with E-state index in [0.717, 1.165) is 21.6 Å². The Morgan fingerprint density at radius 2 is 1.72 bits per heavy atom. The molecular weight excluding hydrogens is 330 g/mol. The summed E-state index contributed by atoms with van der Waals surface area (Å²) in [4.78, 5) is 23.1. The lowest BCUT2D eigenvalue weighted by Crippen LogP contribution is -2.21. The van der Waals surface area contributed by atoms with E-state index in [1.165, 1.54) is 11.3 Å². The second kappa shape index (κ2) is 6.53. The molecule has 1 N–H and O–H groups in total. The summed E-state index contributed by atoms with van der Waals surface area (Å²) in [5.74, 6) is 0.672. The summed E-state index contributed by atoms with van der Waals surface area (Å²) in [6, 6.07) is 20.0. The summed E-state index contributed by atoms with van der Waals surface area (Å²) in [6.07, 6.45) is 0. The average molecular weight is 347 g/mol. The topological polar surface area (TPSA) is 49.0 Å². The van der Waals surface area contributed by atoms with Gasteiger partial charge in [-0.3, -0.25) is 4.79 Å². The predicted octanol–water partition coefficient (Wildman–Crippen LogP) is 4.29. The molecule has 0 bridgehead atoms. The van der Waals surface area contributed by atoms with Gasteiger partial charge in [0.2, 0.25) is 0 Å². The van der Waals surface area contributed by atoms with E-state index in [9.17, 15) is 4.79 Å². The minimum atomic E-state index is -0.0819. The van der Waals surface area contributed by atoms with Gasteiger partial charge in [0, 0.05) is 23.7 Å². The van der Waals surface area contributed by atoms with Crippen LogP contribution < -0.4 is 10.5 Å². The average Bonchev–Trinajstić information content (AvgIpc) is 3.08. The second-order valence-electron chi connectivity index (χ2n) is 5.90. The molecule has 0 aliphatic heterocycles. The van der Waals surface area contributed by atoms with Gasteiger partial charge in [0.15, 0.2) is 0 Å². The largest absolute Gasteiger partial charge is 0.367 e. The van der Waals surface area contributed by atoms with E-state index in [4.69, 9.17) is 0 Å². The maximum atomic E-state index is 12.7. The second-order valence-corrected chi connectivity index (χ2v) is 6.76. The van der Waals surface area contributed by atoms with Crippen molar-refractivity contribution in [2.24, 2.45) is 0 Å². The van der Waals surface area contributed by atoms with Crippen LogP contribution in [0.25, 0.3) is 21.3 Å². The fourth-order valence-electron chi connectivity index (χ4n) is 2.90. The summed E-state index contributed by atoms with van der Waals surface area (Å²) in [7, 11) is 1.99. The van der Waals surface area contributed by atoms with Crippen molar-refractivity contribution in [2.45, 2.75) is 6.54 Å². The standard InChI is InChI=1S/C20H17N3OS/c1-23(15-10-6-3-7-11-15)12-17-21-19(24)18-16(13-25-20(18)22-17)14-8-4-2-5-9-14/h2-11,13H,12H2,1H3,(H,21,22,24). The zero-order chi connectivity index (χ0) is 17.2. The Hall–Kier alpha value is -2.92. The number of rotatable bonds is 4. The Morgan fingerprint density at radius 3 is 2.44 bits per heavy atom. The lowest BCUT2D eigenvalue weighted by atomic mass is 10.1. The molecule has 5 heteroatoms. The van der Waals surface area contributed by atoms with Crippen molar-refractivity contribution >= 4 is 27.2 Å². The molecule has 0 spiro atoms. The molecule has 25 heavy (non-hydrogen) atoms. The quantitative estimate of drug-likeness (QED) is 0.599. The molecule has 0 amide bonds. The Labute approximate surface area is 149 Å². The van der Waals surface area contributed by atoms with E-state index in [1.807, 2.05) is 73.1 Å². The van der Waals surface area contributed by atoms with Gasteiger partial charge in [-0.15, -0.1) is 11.3 Å². The van der Waals surface area contributed by atoms with Gasteiger partial charge in [-0.2, -0.15) is 0 Å². The highest BCUT2D eigenvalue weighted by Gasteiger charge is 2.13. The molecule has 0 radical (unpaired) electrons. The molecule has 0 aliphatic rings. The summed E-state index contributed by atoms with van der Waals surface area (Å²) in [5, 5.41) is 2.68. The number of hydrogen-bond donors (Lipinski definition) is 1. The third-order valence-electron chi connectivity index (χ3n) is 4.16. The van der Waals surface area contributed by atoms with E-state index in [0.29, 0.717) is 17.8 Å². The van der Waals surface area contributed by atoms with E-state index >= 15 is 0 Å². The number of nitrogens with zero attached hydrogens (tertiary/aromatic N) is 2. The first-order chi connectivity index (χ1) is 12.2. The van der Waals surface area contributed by atoms with Gasteiger partial charge in [0.1, 0.15) is 10.7 Å². The maximum absolute atomic E-state index is 12.7. The van der Waals surface area contributed by atoms with Gasteiger partial charge < -0.3 is 9.88 Å². The minimum absolute atomic E-state index is 0.0819. The van der Waals surface area contributed by atoms with Crippen molar-refractivity contribution in [2.75, 3.05) is 11.9 Å². The van der Waals surface area contributed by atoms with Crippen LogP contribution in [0.15, 0.2) is 70.8 Å².